The zero-order valence-electron chi connectivity index (χ0n) is 16.5. The van der Waals surface area contributed by atoms with Crippen molar-refractivity contribution in [3.63, 3.8) is 0 Å². The molecular weight excluding hydrogens is 428 g/mol. The molecule has 1 saturated heterocycles. The van der Waals surface area contributed by atoms with E-state index < -0.39 is 21.3 Å². The predicted octanol–water partition coefficient (Wildman–Crippen LogP) is 1.34. The monoisotopic (exact) mass is 450 g/mol. The maximum absolute atomic E-state index is 13.2. The number of nitrogens with two attached hydrogens (primary N) is 1. The second kappa shape index (κ2) is 7.40. The molecule has 0 spiro atoms. The topological polar surface area (TPSA) is 106 Å². The lowest BCUT2D eigenvalue weighted by Crippen LogP contribution is -2.52. The number of rotatable bonds is 5. The molecule has 2 aromatic rings. The number of primary amides is 1. The summed E-state index contributed by atoms with van der Waals surface area (Å²) in [7, 11) is -2.20. The number of halogens is 1. The summed E-state index contributed by atoms with van der Waals surface area (Å²) in [4.78, 5) is 26.4. The Hall–Kier alpha value is -2.36. The molecule has 1 aliphatic heterocycles. The number of carbonyl (C=O) groups is 2. The summed E-state index contributed by atoms with van der Waals surface area (Å²) < 4.78 is 28.7. The van der Waals surface area contributed by atoms with Crippen molar-refractivity contribution >= 4 is 33.4 Å². The van der Waals surface area contributed by atoms with Crippen molar-refractivity contribution in [1.82, 2.24) is 13.8 Å². The van der Waals surface area contributed by atoms with Crippen molar-refractivity contribution in [3.8, 4) is 0 Å². The molecule has 0 radical (unpaired) electrons. The third-order valence-electron chi connectivity index (χ3n) is 5.95. The van der Waals surface area contributed by atoms with Crippen molar-refractivity contribution in [1.29, 1.82) is 0 Å². The fourth-order valence-electron chi connectivity index (χ4n) is 4.02. The Morgan fingerprint density at radius 3 is 2.17 bits per heavy atom. The Morgan fingerprint density at radius 1 is 1.07 bits per heavy atom. The molecule has 1 aromatic carbocycles. The fraction of sp³-hybridized carbons (Fsp3) is 0.400. The molecule has 30 heavy (non-hydrogen) atoms. The molecule has 1 aliphatic carbocycles. The van der Waals surface area contributed by atoms with Gasteiger partial charge >= 0.3 is 0 Å². The first-order chi connectivity index (χ1) is 14.1. The first-order valence-electron chi connectivity index (χ1n) is 9.67. The van der Waals surface area contributed by atoms with Crippen LogP contribution in [0.2, 0.25) is 5.02 Å². The van der Waals surface area contributed by atoms with E-state index in [1.165, 1.54) is 21.1 Å². The van der Waals surface area contributed by atoms with Crippen LogP contribution in [0.15, 0.2) is 41.4 Å². The molecule has 4 rings (SSSR count). The predicted molar refractivity (Wildman–Crippen MR) is 112 cm³/mol. The molecular formula is C20H23ClN4O4S. The summed E-state index contributed by atoms with van der Waals surface area (Å²) in [6.45, 7) is 1.04. The number of aryl methyl sites for hydroxylation is 1. The highest BCUT2D eigenvalue weighted by Crippen LogP contribution is 2.50. The van der Waals surface area contributed by atoms with E-state index in [-0.39, 0.29) is 29.6 Å². The molecule has 10 heteroatoms. The number of hydrogen-bond acceptors (Lipinski definition) is 4. The maximum atomic E-state index is 13.2. The summed E-state index contributed by atoms with van der Waals surface area (Å²) in [5.74, 6) is -0.649. The molecule has 0 bridgehead atoms. The van der Waals surface area contributed by atoms with E-state index in [0.29, 0.717) is 18.1 Å². The fourth-order valence-corrected chi connectivity index (χ4v) is 5.64. The van der Waals surface area contributed by atoms with E-state index in [4.69, 9.17) is 17.3 Å². The summed E-state index contributed by atoms with van der Waals surface area (Å²) >= 11 is 5.96. The molecule has 2 amide bonds. The van der Waals surface area contributed by atoms with Crippen LogP contribution in [0.3, 0.4) is 0 Å². The zero-order valence-corrected chi connectivity index (χ0v) is 18.1. The molecule has 1 saturated carbocycles. The van der Waals surface area contributed by atoms with E-state index in [2.05, 4.69) is 0 Å². The van der Waals surface area contributed by atoms with Gasteiger partial charge in [-0.2, -0.15) is 4.31 Å². The van der Waals surface area contributed by atoms with Crippen LogP contribution in [-0.2, 0) is 27.3 Å². The number of carbonyl (C=O) groups excluding carboxylic acids is 2. The minimum atomic E-state index is -3.77. The van der Waals surface area contributed by atoms with Crippen LogP contribution >= 0.6 is 11.6 Å². The van der Waals surface area contributed by atoms with Crippen molar-refractivity contribution in [2.75, 3.05) is 26.2 Å². The Kier molecular flexibility index (Phi) is 5.16. The molecule has 160 valence electrons. The zero-order chi connectivity index (χ0) is 21.7. The van der Waals surface area contributed by atoms with Gasteiger partial charge in [-0.3, -0.25) is 9.59 Å². The minimum absolute atomic E-state index is 0.0263. The van der Waals surface area contributed by atoms with Crippen LogP contribution in [0.1, 0.15) is 28.9 Å². The third-order valence-corrected chi connectivity index (χ3v) is 8.07. The van der Waals surface area contributed by atoms with Gasteiger partial charge < -0.3 is 15.2 Å². The van der Waals surface area contributed by atoms with Gasteiger partial charge in [0.2, 0.25) is 15.9 Å². The summed E-state index contributed by atoms with van der Waals surface area (Å²) in [5, 5.41) is 0.626. The smallest absolute Gasteiger partial charge is 0.265 e. The van der Waals surface area contributed by atoms with Crippen LogP contribution in [0.5, 0.6) is 0 Å². The summed E-state index contributed by atoms with van der Waals surface area (Å²) in [6.07, 6.45) is 2.95. The van der Waals surface area contributed by atoms with Gasteiger partial charge in [-0.05, 0) is 36.6 Å². The molecule has 0 atom stereocenters. The van der Waals surface area contributed by atoms with Crippen molar-refractivity contribution < 1.29 is 18.0 Å². The van der Waals surface area contributed by atoms with Gasteiger partial charge in [-0.1, -0.05) is 23.7 Å². The average Bonchev–Trinajstić information content (AvgIpc) is 3.43. The summed E-state index contributed by atoms with van der Waals surface area (Å²) in [5.41, 5.74) is 5.85. The molecule has 2 fully saturated rings. The van der Waals surface area contributed by atoms with Crippen LogP contribution in [0.4, 0.5) is 0 Å². The van der Waals surface area contributed by atoms with Gasteiger partial charge in [0.05, 0.1) is 5.41 Å². The lowest BCUT2D eigenvalue weighted by molar-refractivity contribution is -0.135. The Bertz CT molecular complexity index is 1100. The van der Waals surface area contributed by atoms with Crippen LogP contribution in [0.25, 0.3) is 0 Å². The Balaban J connectivity index is 1.46. The highest BCUT2D eigenvalue weighted by molar-refractivity contribution is 7.89. The van der Waals surface area contributed by atoms with E-state index in [0.717, 1.165) is 18.4 Å². The van der Waals surface area contributed by atoms with Gasteiger partial charge in [0.15, 0.2) is 0 Å². The van der Waals surface area contributed by atoms with Crippen molar-refractivity contribution in [3.05, 3.63) is 52.8 Å². The second-order valence-corrected chi connectivity index (χ2v) is 10.2. The van der Waals surface area contributed by atoms with Gasteiger partial charge in [-0.25, -0.2) is 8.42 Å². The number of benzene rings is 1. The number of sulfonamides is 1. The van der Waals surface area contributed by atoms with Crippen LogP contribution in [0, 0.1) is 0 Å². The highest BCUT2D eigenvalue weighted by atomic mass is 35.5. The Labute approximate surface area is 180 Å². The molecule has 1 aromatic heterocycles. The number of amides is 2. The number of nitrogens with zero attached hydrogens (tertiary/aromatic N) is 3. The standard InChI is InChI=1S/C20H23ClN4O4S/c1-23-13-16(12-17(23)18(22)26)30(28,29)25-10-8-24(9-11-25)19(27)20(6-7-20)14-2-4-15(21)5-3-14/h2-5,12-13H,6-11H2,1H3,(H2,22,26). The number of hydrogen-bond donors (Lipinski definition) is 1. The largest absolute Gasteiger partial charge is 0.364 e. The SMILES string of the molecule is Cn1cc(S(=O)(=O)N2CCN(C(=O)C3(c4ccc(Cl)cc4)CC3)CC2)cc1C(N)=O. The lowest BCUT2D eigenvalue weighted by Gasteiger charge is -2.36. The number of piperazine rings is 1. The van der Waals surface area contributed by atoms with Gasteiger partial charge in [0.25, 0.3) is 5.91 Å². The van der Waals surface area contributed by atoms with Gasteiger partial charge in [0, 0.05) is 44.4 Å². The minimum Gasteiger partial charge on any atom is -0.364 e. The van der Waals surface area contributed by atoms with Crippen molar-refractivity contribution in [2.24, 2.45) is 12.8 Å². The average molecular weight is 451 g/mol. The van der Waals surface area contributed by atoms with Gasteiger partial charge in [-0.15, -0.1) is 0 Å². The molecule has 8 nitrogen and oxygen atoms in total. The van der Waals surface area contributed by atoms with E-state index in [1.54, 1.807) is 24.1 Å². The molecule has 2 aliphatic rings. The van der Waals surface area contributed by atoms with Gasteiger partial charge in [0.1, 0.15) is 10.6 Å². The molecule has 2 heterocycles. The lowest BCUT2D eigenvalue weighted by atomic mass is 9.94. The molecule has 2 N–H and O–H groups in total. The highest BCUT2D eigenvalue weighted by Gasteiger charge is 2.53. The third kappa shape index (κ3) is 3.51. The quantitative estimate of drug-likeness (QED) is 0.741. The van der Waals surface area contributed by atoms with Crippen molar-refractivity contribution in [2.45, 2.75) is 23.2 Å². The number of aromatic nitrogens is 1. The van der Waals surface area contributed by atoms with Crippen LogP contribution < -0.4 is 5.73 Å². The molecule has 0 unspecified atom stereocenters. The Morgan fingerprint density at radius 2 is 1.67 bits per heavy atom. The van der Waals surface area contributed by atoms with E-state index >= 15 is 0 Å². The first-order valence-corrected chi connectivity index (χ1v) is 11.5. The maximum Gasteiger partial charge on any atom is 0.265 e. The van der Waals surface area contributed by atoms with Crippen LogP contribution in [-0.4, -0.2) is 60.2 Å². The first kappa shape index (κ1) is 20.9. The summed E-state index contributed by atoms with van der Waals surface area (Å²) in [6, 6.07) is 8.64. The van der Waals surface area contributed by atoms with E-state index in [1.807, 2.05) is 12.1 Å². The normalized spacial score (nSPS) is 18.9. The second-order valence-electron chi connectivity index (χ2n) is 7.82. The van der Waals surface area contributed by atoms with E-state index in [9.17, 15) is 18.0 Å².